The van der Waals surface area contributed by atoms with Crippen LogP contribution in [0.4, 0.5) is 0 Å². The van der Waals surface area contributed by atoms with Crippen molar-refractivity contribution in [2.75, 3.05) is 0 Å². The summed E-state index contributed by atoms with van der Waals surface area (Å²) in [6.45, 7) is 0. The fraction of sp³-hybridized carbons (Fsp3) is 1.00. The third kappa shape index (κ3) is 49.4. The SMILES string of the molecule is [CH3][Pb]([CH3])([CH3])[CH3]. The van der Waals surface area contributed by atoms with E-state index in [0.29, 0.717) is 0 Å². The fourth-order valence-corrected chi connectivity index (χ4v) is 0. The molecule has 0 unspecified atom stereocenters. The molecule has 0 aliphatic carbocycles. The van der Waals surface area contributed by atoms with Gasteiger partial charge in [0.05, 0.1) is 0 Å². The fourth-order valence-electron chi connectivity index (χ4n) is 0. The monoisotopic (exact) mass is 268 g/mol. The van der Waals surface area contributed by atoms with Gasteiger partial charge in [-0.1, -0.05) is 0 Å². The van der Waals surface area contributed by atoms with Crippen LogP contribution in [0.25, 0.3) is 0 Å². The summed E-state index contributed by atoms with van der Waals surface area (Å²) in [4.78, 5) is 0. The first kappa shape index (κ1) is 5.92. The van der Waals surface area contributed by atoms with Gasteiger partial charge in [0.2, 0.25) is 0 Å². The summed E-state index contributed by atoms with van der Waals surface area (Å²) in [7, 11) is 0. The Morgan fingerprint density at radius 1 is 0.800 bits per heavy atom. The first-order valence-corrected chi connectivity index (χ1v) is 17.5. The molecule has 0 bridgehead atoms. The molecule has 0 N–H and O–H groups in total. The molecule has 0 atom stereocenters. The van der Waals surface area contributed by atoms with Crippen molar-refractivity contribution in [2.24, 2.45) is 0 Å². The van der Waals surface area contributed by atoms with Crippen LogP contribution in [-0.4, -0.2) is 21.2 Å². The summed E-state index contributed by atoms with van der Waals surface area (Å²) < 4.78 is 9.64. The third-order valence-electron chi connectivity index (χ3n) is 0. The Morgan fingerprint density at radius 2 is 0.800 bits per heavy atom. The van der Waals surface area contributed by atoms with E-state index < -0.39 is 21.2 Å². The molecule has 0 aliphatic heterocycles. The molecule has 0 heterocycles. The van der Waals surface area contributed by atoms with Gasteiger partial charge in [-0.05, 0) is 0 Å². The van der Waals surface area contributed by atoms with Crippen molar-refractivity contribution >= 4 is 21.2 Å². The van der Waals surface area contributed by atoms with E-state index in [1.165, 1.54) is 0 Å². The van der Waals surface area contributed by atoms with Crippen LogP contribution in [0.1, 0.15) is 0 Å². The molecule has 0 aromatic heterocycles. The van der Waals surface area contributed by atoms with Gasteiger partial charge in [0, 0.05) is 0 Å². The Bertz CT molecular complexity index is 19.1. The molecule has 0 saturated carbocycles. The molecule has 32 valence electrons. The molecule has 0 aliphatic rings. The topological polar surface area (TPSA) is 0 Å². The Kier molecular flexibility index (Phi) is 1.87. The molecular weight excluding hydrogens is 255 g/mol. The normalized spacial score (nSPS) is 12.0. The van der Waals surface area contributed by atoms with Crippen LogP contribution in [0.2, 0.25) is 17.9 Å². The Hall–Kier alpha value is 0.922. The van der Waals surface area contributed by atoms with Gasteiger partial charge in [-0.25, -0.2) is 0 Å². The van der Waals surface area contributed by atoms with Gasteiger partial charge in [-0.15, -0.1) is 0 Å². The van der Waals surface area contributed by atoms with E-state index in [-0.39, 0.29) is 0 Å². The quantitative estimate of drug-likeness (QED) is 0.589. The molecule has 0 saturated heterocycles. The average molecular weight is 267 g/mol. The van der Waals surface area contributed by atoms with E-state index in [0.717, 1.165) is 0 Å². The number of rotatable bonds is 0. The minimum absolute atomic E-state index is 1.28. The van der Waals surface area contributed by atoms with Crippen molar-refractivity contribution in [1.82, 2.24) is 0 Å². The molecule has 0 spiro atoms. The van der Waals surface area contributed by atoms with Crippen molar-refractivity contribution in [3.8, 4) is 0 Å². The van der Waals surface area contributed by atoms with Gasteiger partial charge in [0.1, 0.15) is 0 Å². The summed E-state index contributed by atoms with van der Waals surface area (Å²) in [5, 5.41) is 0. The Labute approximate surface area is 39.2 Å². The van der Waals surface area contributed by atoms with Crippen LogP contribution in [0.5, 0.6) is 0 Å². The van der Waals surface area contributed by atoms with E-state index in [1.54, 1.807) is 0 Å². The first-order valence-electron chi connectivity index (χ1n) is 2.00. The third-order valence-corrected chi connectivity index (χ3v) is 0. The summed E-state index contributed by atoms with van der Waals surface area (Å²) in [6.07, 6.45) is 0. The number of hydrogen-bond donors (Lipinski definition) is 0. The van der Waals surface area contributed by atoms with Crippen molar-refractivity contribution in [3.05, 3.63) is 0 Å². The predicted molar refractivity (Wildman–Crippen MR) is 29.2 cm³/mol. The van der Waals surface area contributed by atoms with Crippen LogP contribution in [0.3, 0.4) is 0 Å². The molecule has 1 heteroatoms. The summed E-state index contributed by atoms with van der Waals surface area (Å²) in [5.74, 6) is 0. The van der Waals surface area contributed by atoms with Gasteiger partial charge >= 0.3 is 39.1 Å². The number of hydrogen-bond acceptors (Lipinski definition) is 0. The van der Waals surface area contributed by atoms with Crippen LogP contribution in [0.15, 0.2) is 0 Å². The van der Waals surface area contributed by atoms with Crippen molar-refractivity contribution < 1.29 is 0 Å². The Balaban J connectivity index is 3.02. The van der Waals surface area contributed by atoms with Gasteiger partial charge in [-0.3, -0.25) is 0 Å². The van der Waals surface area contributed by atoms with Gasteiger partial charge in [0.15, 0.2) is 0 Å². The molecule has 0 rings (SSSR count). The predicted octanol–water partition coefficient (Wildman–Crippen LogP) is 1.95. The Morgan fingerprint density at radius 3 is 0.800 bits per heavy atom. The van der Waals surface area contributed by atoms with E-state index in [9.17, 15) is 0 Å². The van der Waals surface area contributed by atoms with E-state index in [2.05, 4.69) is 17.9 Å². The van der Waals surface area contributed by atoms with Crippen LogP contribution in [-0.2, 0) is 0 Å². The second-order valence-corrected chi connectivity index (χ2v) is 26.3. The summed E-state index contributed by atoms with van der Waals surface area (Å²) in [6, 6.07) is 0. The van der Waals surface area contributed by atoms with Crippen molar-refractivity contribution in [1.29, 1.82) is 0 Å². The first-order chi connectivity index (χ1) is 2.00. The average Bonchev–Trinajstić information content (AvgIpc) is 0.722. The molecule has 5 heavy (non-hydrogen) atoms. The van der Waals surface area contributed by atoms with Crippen LogP contribution < -0.4 is 0 Å². The zero-order chi connectivity index (χ0) is 4.50. The van der Waals surface area contributed by atoms with Crippen LogP contribution >= 0.6 is 0 Å². The van der Waals surface area contributed by atoms with E-state index in [1.807, 2.05) is 0 Å². The molecule has 0 fully saturated rings. The molecule has 0 amide bonds. The summed E-state index contributed by atoms with van der Waals surface area (Å²) >= 11 is -1.28. The van der Waals surface area contributed by atoms with Crippen LogP contribution in [0, 0.1) is 0 Å². The maximum atomic E-state index is 2.41. The van der Waals surface area contributed by atoms with E-state index >= 15 is 0 Å². The second kappa shape index (κ2) is 1.58. The summed E-state index contributed by atoms with van der Waals surface area (Å²) in [5.41, 5.74) is 0. The molecule has 0 radical (unpaired) electrons. The molecule has 0 nitrogen and oxygen atoms in total. The zero-order valence-corrected chi connectivity index (χ0v) is 8.39. The van der Waals surface area contributed by atoms with Gasteiger partial charge < -0.3 is 0 Å². The van der Waals surface area contributed by atoms with Crippen molar-refractivity contribution in [3.63, 3.8) is 0 Å². The van der Waals surface area contributed by atoms with E-state index in [4.69, 9.17) is 0 Å². The maximum absolute atomic E-state index is 2.41. The zero-order valence-electron chi connectivity index (χ0n) is 4.50. The molecule has 0 aromatic carbocycles. The molecule has 0 aromatic rings. The van der Waals surface area contributed by atoms with Crippen molar-refractivity contribution in [2.45, 2.75) is 17.9 Å². The van der Waals surface area contributed by atoms with Gasteiger partial charge in [0.25, 0.3) is 0 Å². The standard InChI is InChI=1S/4CH3.Pb/h4*1H3;. The minimum atomic E-state index is -1.28. The molecular formula is C4H12Pb. The second-order valence-electron chi connectivity index (χ2n) is 3.00. The van der Waals surface area contributed by atoms with Gasteiger partial charge in [-0.2, -0.15) is 0 Å².